The molecule has 4 rings (SSSR count). The molecule has 2 saturated carbocycles. The minimum Gasteiger partial charge on any atom is -0.462 e. The van der Waals surface area contributed by atoms with Crippen LogP contribution in [0.5, 0.6) is 0 Å². The van der Waals surface area contributed by atoms with Crippen molar-refractivity contribution < 1.29 is 29.2 Å². The van der Waals surface area contributed by atoms with Gasteiger partial charge in [-0.15, -0.1) is 0 Å². The molecule has 4 fully saturated rings. The van der Waals surface area contributed by atoms with E-state index < -0.39 is 0 Å². The van der Waals surface area contributed by atoms with Gasteiger partial charge in [0, 0.05) is 5.92 Å². The van der Waals surface area contributed by atoms with E-state index in [1.54, 1.807) is 9.80 Å². The predicted molar refractivity (Wildman–Crippen MR) is 110 cm³/mol. The molecule has 2 saturated heterocycles. The van der Waals surface area contributed by atoms with Gasteiger partial charge in [-0.2, -0.15) is 0 Å². The van der Waals surface area contributed by atoms with Crippen molar-refractivity contribution in [3.05, 3.63) is 12.2 Å². The number of hydrogen-bond acceptors (Lipinski definition) is 4. The number of piperazine rings is 1. The van der Waals surface area contributed by atoms with Crippen molar-refractivity contribution in [3.63, 3.8) is 0 Å². The van der Waals surface area contributed by atoms with Crippen molar-refractivity contribution in [2.75, 3.05) is 59.1 Å². The average molecular weight is 409 g/mol. The Morgan fingerprint density at radius 3 is 2.76 bits per heavy atom. The van der Waals surface area contributed by atoms with E-state index >= 15 is 0 Å². The van der Waals surface area contributed by atoms with Gasteiger partial charge in [-0.1, -0.05) is 19.1 Å². The number of allylic oxidation sites excluding steroid dienone is 1. The van der Waals surface area contributed by atoms with Gasteiger partial charge in [-0.3, -0.25) is 4.79 Å². The van der Waals surface area contributed by atoms with Crippen molar-refractivity contribution in [1.29, 1.82) is 0 Å². The molecule has 4 aliphatic rings. The van der Waals surface area contributed by atoms with Crippen LogP contribution in [0.3, 0.4) is 0 Å². The lowest BCUT2D eigenvalue weighted by molar-refractivity contribution is -1.01. The molecule has 0 unspecified atom stereocenters. The summed E-state index contributed by atoms with van der Waals surface area (Å²) in [5.41, 5.74) is 1.70. The number of carbonyl (C=O) groups is 1. The molecule has 29 heavy (non-hydrogen) atoms. The second kappa shape index (κ2) is 9.04. The number of esters is 1. The van der Waals surface area contributed by atoms with Crippen LogP contribution in [0.4, 0.5) is 0 Å². The normalized spacial score (nSPS) is 42.3. The second-order valence-electron chi connectivity index (χ2n) is 10.2. The molecule has 0 bridgehead atoms. The van der Waals surface area contributed by atoms with E-state index in [2.05, 4.69) is 13.5 Å². The molecule has 2 aliphatic carbocycles. The van der Waals surface area contributed by atoms with Crippen LogP contribution in [0, 0.1) is 23.2 Å². The molecule has 0 aromatic heterocycles. The molecule has 5 atom stereocenters. The fourth-order valence-electron chi connectivity index (χ4n) is 6.59. The second-order valence-corrected chi connectivity index (χ2v) is 10.2. The third-order valence-corrected chi connectivity index (χ3v) is 8.33. The summed E-state index contributed by atoms with van der Waals surface area (Å²) in [7, 11) is 0. The predicted octanol–water partition coefficient (Wildman–Crippen LogP) is -0.907. The molecular weight excluding hydrogens is 368 g/mol. The monoisotopic (exact) mass is 408 g/mol. The minimum atomic E-state index is 0.0625. The maximum atomic E-state index is 12.8. The number of aliphatic hydroxyl groups excluding tert-OH is 1. The molecule has 6 heteroatoms. The van der Waals surface area contributed by atoms with Gasteiger partial charge < -0.3 is 24.4 Å². The van der Waals surface area contributed by atoms with Crippen molar-refractivity contribution in [2.24, 2.45) is 23.2 Å². The summed E-state index contributed by atoms with van der Waals surface area (Å²) >= 11 is 0. The molecule has 0 aromatic rings. The Morgan fingerprint density at radius 1 is 1.24 bits per heavy atom. The van der Waals surface area contributed by atoms with Crippen LogP contribution in [0.1, 0.15) is 39.0 Å². The Bertz CT molecular complexity index is 604. The zero-order chi connectivity index (χ0) is 20.4. The third-order valence-electron chi connectivity index (χ3n) is 8.33. The van der Waals surface area contributed by atoms with Crippen LogP contribution in [0.25, 0.3) is 0 Å². The first kappa shape index (κ1) is 21.3. The lowest BCUT2D eigenvalue weighted by Crippen LogP contribution is -3.28. The number of nitrogens with one attached hydrogen (secondary N) is 2. The molecule has 0 aromatic carbocycles. The largest absolute Gasteiger partial charge is 0.462 e. The highest BCUT2D eigenvalue weighted by atomic mass is 16.6. The van der Waals surface area contributed by atoms with E-state index in [0.29, 0.717) is 25.0 Å². The number of hydrogen-bond donors (Lipinski definition) is 3. The van der Waals surface area contributed by atoms with Crippen molar-refractivity contribution in [1.82, 2.24) is 0 Å². The number of rotatable bonds is 7. The van der Waals surface area contributed by atoms with E-state index in [1.165, 1.54) is 18.4 Å². The molecular formula is C23H40N2O4+2. The van der Waals surface area contributed by atoms with Gasteiger partial charge in [-0.05, 0) is 43.4 Å². The van der Waals surface area contributed by atoms with Crippen LogP contribution in [0.2, 0.25) is 0 Å². The number of carbonyl (C=O) groups excluding carboxylic acids is 1. The Morgan fingerprint density at radius 2 is 2.00 bits per heavy atom. The Kier molecular flexibility index (Phi) is 6.64. The van der Waals surface area contributed by atoms with Gasteiger partial charge in [-0.25, -0.2) is 0 Å². The lowest BCUT2D eigenvalue weighted by atomic mass is 9.55. The molecule has 6 nitrogen and oxygen atoms in total. The first-order valence-electron chi connectivity index (χ1n) is 11.7. The third kappa shape index (κ3) is 4.55. The zero-order valence-electron chi connectivity index (χ0n) is 18.1. The summed E-state index contributed by atoms with van der Waals surface area (Å²) < 4.78 is 11.3. The van der Waals surface area contributed by atoms with Crippen LogP contribution in [0.15, 0.2) is 12.2 Å². The molecule has 164 valence electrons. The average Bonchev–Trinajstić information content (AvgIpc) is 2.99. The first-order chi connectivity index (χ1) is 14.0. The van der Waals surface area contributed by atoms with E-state index in [9.17, 15) is 4.79 Å². The van der Waals surface area contributed by atoms with E-state index in [4.69, 9.17) is 14.6 Å². The quantitative estimate of drug-likeness (QED) is 0.290. The molecule has 0 amide bonds. The van der Waals surface area contributed by atoms with Crippen LogP contribution in [-0.2, 0) is 14.3 Å². The van der Waals surface area contributed by atoms with Crippen LogP contribution in [-0.4, -0.2) is 76.3 Å². The van der Waals surface area contributed by atoms with Crippen LogP contribution >= 0.6 is 0 Å². The molecule has 2 aliphatic heterocycles. The zero-order valence-corrected chi connectivity index (χ0v) is 18.1. The number of quaternary nitrogens is 2. The molecule has 3 N–H and O–H groups in total. The standard InChI is InChI=1S/C23H38N2O4/c1-17-4-3-5-23(2)15-21-18(14-20(17)23)19(22(27)29-21)16-25-8-6-24(7-9-25)10-12-28-13-11-26/h18-21,26H,1,3-16H2,2H3/p+2/t18-,19-,20+,21-,23-/m1/s1. The van der Waals surface area contributed by atoms with Crippen molar-refractivity contribution >= 4 is 5.97 Å². The summed E-state index contributed by atoms with van der Waals surface area (Å²) in [6.45, 7) is 14.5. The maximum Gasteiger partial charge on any atom is 0.315 e. The molecule has 0 spiro atoms. The van der Waals surface area contributed by atoms with E-state index in [0.717, 1.165) is 58.5 Å². The number of aliphatic hydroxyl groups is 1. The van der Waals surface area contributed by atoms with Crippen molar-refractivity contribution in [3.8, 4) is 0 Å². The molecule has 2 heterocycles. The number of fused-ring (bicyclic) bond motifs is 2. The maximum absolute atomic E-state index is 12.8. The highest BCUT2D eigenvalue weighted by Crippen LogP contribution is 2.56. The highest BCUT2D eigenvalue weighted by Gasteiger charge is 2.56. The first-order valence-corrected chi connectivity index (χ1v) is 11.7. The van der Waals surface area contributed by atoms with Gasteiger partial charge in [0.15, 0.2) is 0 Å². The fraction of sp³-hybridized carbons (Fsp3) is 0.870. The van der Waals surface area contributed by atoms with E-state index in [-0.39, 0.29) is 30.0 Å². The summed E-state index contributed by atoms with van der Waals surface area (Å²) in [6.07, 6.45) is 5.92. The van der Waals surface area contributed by atoms with Crippen molar-refractivity contribution in [2.45, 2.75) is 45.1 Å². The smallest absolute Gasteiger partial charge is 0.315 e. The van der Waals surface area contributed by atoms with Crippen LogP contribution < -0.4 is 9.80 Å². The summed E-state index contributed by atoms with van der Waals surface area (Å²) in [5.74, 6) is 1.10. The highest BCUT2D eigenvalue weighted by molar-refractivity contribution is 5.75. The Balaban J connectivity index is 1.30. The van der Waals surface area contributed by atoms with Gasteiger partial charge in [0.05, 0.1) is 26.4 Å². The van der Waals surface area contributed by atoms with E-state index in [1.807, 2.05) is 0 Å². The summed E-state index contributed by atoms with van der Waals surface area (Å²) in [4.78, 5) is 15.9. The number of ether oxygens (including phenoxy) is 2. The topological polar surface area (TPSA) is 64.6 Å². The lowest BCUT2D eigenvalue weighted by Gasteiger charge is -2.50. The van der Waals surface area contributed by atoms with Gasteiger partial charge in [0.1, 0.15) is 44.7 Å². The Labute approximate surface area is 175 Å². The summed E-state index contributed by atoms with van der Waals surface area (Å²) in [6, 6.07) is 0. The summed E-state index contributed by atoms with van der Waals surface area (Å²) in [5, 5.41) is 8.79. The fourth-order valence-corrected chi connectivity index (χ4v) is 6.59. The minimum absolute atomic E-state index is 0.0625. The van der Waals surface area contributed by atoms with Gasteiger partial charge >= 0.3 is 5.97 Å². The van der Waals surface area contributed by atoms with Gasteiger partial charge in [0.25, 0.3) is 0 Å². The molecule has 0 radical (unpaired) electrons. The van der Waals surface area contributed by atoms with Gasteiger partial charge in [0.2, 0.25) is 0 Å². The SMILES string of the molecule is C=C1CCC[C@]2(C)C[C@H]3OC(=O)[C@H](C[NH+]4CC[NH+](CCOCCO)CC4)[C@H]3C[C@@H]12. The Hall–Kier alpha value is -0.950.